The summed E-state index contributed by atoms with van der Waals surface area (Å²) >= 11 is 5.85. The molecule has 0 spiro atoms. The predicted molar refractivity (Wildman–Crippen MR) is 67.6 cm³/mol. The second-order valence-corrected chi connectivity index (χ2v) is 4.83. The third kappa shape index (κ3) is 3.41. The van der Waals surface area contributed by atoms with Gasteiger partial charge in [0.15, 0.2) is 6.04 Å². The molecule has 18 heavy (non-hydrogen) atoms. The molecule has 1 aliphatic heterocycles. The van der Waals surface area contributed by atoms with Gasteiger partial charge >= 0.3 is 0 Å². The molecule has 1 N–H and O–H groups in total. The summed E-state index contributed by atoms with van der Waals surface area (Å²) in [6.45, 7) is 2.88. The molecule has 98 valence electrons. The summed E-state index contributed by atoms with van der Waals surface area (Å²) < 4.78 is 5.30. The van der Waals surface area contributed by atoms with Gasteiger partial charge in [-0.15, -0.1) is 0 Å². The molecule has 1 aliphatic rings. The van der Waals surface area contributed by atoms with Gasteiger partial charge in [-0.05, 0) is 12.1 Å². The zero-order valence-corrected chi connectivity index (χ0v) is 10.7. The van der Waals surface area contributed by atoms with Crippen molar-refractivity contribution in [2.75, 3.05) is 32.8 Å². The van der Waals surface area contributed by atoms with Gasteiger partial charge in [0.1, 0.15) is 13.1 Å². The minimum absolute atomic E-state index is 0.0586. The maximum absolute atomic E-state index is 10.8. The Morgan fingerprint density at radius 3 is 2.50 bits per heavy atom. The molecule has 1 aromatic rings. The van der Waals surface area contributed by atoms with Crippen molar-refractivity contribution in [1.29, 1.82) is 0 Å². The van der Waals surface area contributed by atoms with E-state index in [1.54, 1.807) is 12.1 Å². The minimum Gasteiger partial charge on any atom is -0.370 e. The summed E-state index contributed by atoms with van der Waals surface area (Å²) in [4.78, 5) is 11.8. The highest BCUT2D eigenvalue weighted by molar-refractivity contribution is 6.30. The fraction of sp³-hybridized carbons (Fsp3) is 0.500. The molecule has 0 amide bonds. The van der Waals surface area contributed by atoms with Crippen molar-refractivity contribution >= 4 is 11.6 Å². The van der Waals surface area contributed by atoms with Crippen molar-refractivity contribution in [2.24, 2.45) is 0 Å². The first-order chi connectivity index (χ1) is 8.66. The number of halogens is 1. The zero-order valence-electron chi connectivity index (χ0n) is 9.97. The molecule has 1 unspecified atom stereocenters. The van der Waals surface area contributed by atoms with Gasteiger partial charge in [-0.3, -0.25) is 10.1 Å². The molecule has 0 radical (unpaired) electrons. The average Bonchev–Trinajstić information content (AvgIpc) is 2.38. The van der Waals surface area contributed by atoms with E-state index in [4.69, 9.17) is 16.3 Å². The smallest absolute Gasteiger partial charge is 0.259 e. The summed E-state index contributed by atoms with van der Waals surface area (Å²) in [5.74, 6) is 0. The lowest BCUT2D eigenvalue weighted by Crippen LogP contribution is -3.14. The number of morpholine rings is 1. The molecule has 1 heterocycles. The summed E-state index contributed by atoms with van der Waals surface area (Å²) in [6.07, 6.45) is 0. The highest BCUT2D eigenvalue weighted by Gasteiger charge is 2.30. The quantitative estimate of drug-likeness (QED) is 0.644. The summed E-state index contributed by atoms with van der Waals surface area (Å²) in [7, 11) is 0. The second kappa shape index (κ2) is 6.13. The van der Waals surface area contributed by atoms with Crippen LogP contribution in [0.15, 0.2) is 24.3 Å². The van der Waals surface area contributed by atoms with Crippen LogP contribution in [0.1, 0.15) is 11.6 Å². The Hall–Kier alpha value is -1.17. The number of nitrogens with zero attached hydrogens (tertiary/aromatic N) is 1. The predicted octanol–water partition coefficient (Wildman–Crippen LogP) is 0.573. The number of ether oxygens (including phenoxy) is 1. The van der Waals surface area contributed by atoms with Gasteiger partial charge in [0.05, 0.1) is 13.2 Å². The van der Waals surface area contributed by atoms with Crippen LogP contribution in [0.2, 0.25) is 5.02 Å². The van der Waals surface area contributed by atoms with Gasteiger partial charge in [-0.2, -0.15) is 0 Å². The maximum atomic E-state index is 10.8. The molecule has 1 aromatic carbocycles. The highest BCUT2D eigenvalue weighted by Crippen LogP contribution is 2.15. The number of rotatable bonds is 4. The Bertz CT molecular complexity index is 404. The van der Waals surface area contributed by atoms with Crippen molar-refractivity contribution < 1.29 is 14.6 Å². The molecule has 1 saturated heterocycles. The van der Waals surface area contributed by atoms with Crippen LogP contribution >= 0.6 is 11.6 Å². The van der Waals surface area contributed by atoms with Crippen LogP contribution in [0.5, 0.6) is 0 Å². The normalized spacial score (nSPS) is 18.5. The molecule has 0 bridgehead atoms. The van der Waals surface area contributed by atoms with Gasteiger partial charge in [0.2, 0.25) is 0 Å². The van der Waals surface area contributed by atoms with E-state index in [0.717, 1.165) is 18.7 Å². The standard InChI is InChI=1S/C12H15ClN2O3/c13-11-3-1-10(2-4-11)12(9-15(16)17)14-5-7-18-8-6-14/h1-4,12H,5-9H2/p+1. The molecule has 0 aromatic heterocycles. The van der Waals surface area contributed by atoms with Crippen molar-refractivity contribution in [1.82, 2.24) is 0 Å². The number of nitro groups is 1. The Labute approximate surface area is 110 Å². The van der Waals surface area contributed by atoms with E-state index in [9.17, 15) is 10.1 Å². The fourth-order valence-electron chi connectivity index (χ4n) is 2.30. The van der Waals surface area contributed by atoms with Gasteiger partial charge in [0, 0.05) is 15.5 Å². The van der Waals surface area contributed by atoms with E-state index in [2.05, 4.69) is 0 Å². The van der Waals surface area contributed by atoms with Crippen LogP contribution in [0.3, 0.4) is 0 Å². The topological polar surface area (TPSA) is 56.8 Å². The van der Waals surface area contributed by atoms with Crippen LogP contribution in [-0.2, 0) is 4.74 Å². The van der Waals surface area contributed by atoms with Crippen LogP contribution in [-0.4, -0.2) is 37.8 Å². The number of quaternary nitrogens is 1. The van der Waals surface area contributed by atoms with Gasteiger partial charge < -0.3 is 9.64 Å². The van der Waals surface area contributed by atoms with Crippen LogP contribution < -0.4 is 4.90 Å². The third-order valence-corrected chi connectivity index (χ3v) is 3.48. The molecule has 2 rings (SSSR count). The Morgan fingerprint density at radius 2 is 1.94 bits per heavy atom. The van der Waals surface area contributed by atoms with Crippen molar-refractivity contribution in [3.8, 4) is 0 Å². The van der Waals surface area contributed by atoms with E-state index in [1.165, 1.54) is 4.90 Å². The number of hydrogen-bond donors (Lipinski definition) is 1. The molecular weight excluding hydrogens is 256 g/mol. The lowest BCUT2D eigenvalue weighted by Gasteiger charge is -2.29. The SMILES string of the molecule is O=[N+]([O-])CC(c1ccc(Cl)cc1)[NH+]1CCOCC1. The monoisotopic (exact) mass is 271 g/mol. The lowest BCUT2D eigenvalue weighted by atomic mass is 10.1. The molecule has 1 fully saturated rings. The fourth-order valence-corrected chi connectivity index (χ4v) is 2.42. The van der Waals surface area contributed by atoms with Crippen LogP contribution in [0.4, 0.5) is 0 Å². The average molecular weight is 272 g/mol. The molecule has 6 heteroatoms. The number of benzene rings is 1. The zero-order chi connectivity index (χ0) is 13.0. The number of nitrogens with one attached hydrogen (secondary N) is 1. The second-order valence-electron chi connectivity index (χ2n) is 4.39. The van der Waals surface area contributed by atoms with Crippen LogP contribution in [0, 0.1) is 10.1 Å². The summed E-state index contributed by atoms with van der Waals surface area (Å²) in [5.41, 5.74) is 0.966. The largest absolute Gasteiger partial charge is 0.370 e. The van der Waals surface area contributed by atoms with Gasteiger partial charge in [-0.1, -0.05) is 23.7 Å². The van der Waals surface area contributed by atoms with E-state index >= 15 is 0 Å². The molecular formula is C12H16ClN2O3+. The summed E-state index contributed by atoms with van der Waals surface area (Å²) in [5, 5.41) is 11.5. The Balaban J connectivity index is 2.17. The molecule has 5 nitrogen and oxygen atoms in total. The first-order valence-corrected chi connectivity index (χ1v) is 6.34. The van der Waals surface area contributed by atoms with Crippen LogP contribution in [0.25, 0.3) is 0 Å². The number of hydrogen-bond acceptors (Lipinski definition) is 3. The van der Waals surface area contributed by atoms with Crippen molar-refractivity contribution in [3.63, 3.8) is 0 Å². The van der Waals surface area contributed by atoms with Crippen molar-refractivity contribution in [3.05, 3.63) is 45.0 Å². The Morgan fingerprint density at radius 1 is 1.33 bits per heavy atom. The minimum atomic E-state index is -0.248. The van der Waals surface area contributed by atoms with E-state index in [-0.39, 0.29) is 17.5 Å². The lowest BCUT2D eigenvalue weighted by molar-refractivity contribution is -0.946. The molecule has 1 atom stereocenters. The first kappa shape index (κ1) is 13.3. The third-order valence-electron chi connectivity index (χ3n) is 3.23. The van der Waals surface area contributed by atoms with E-state index in [0.29, 0.717) is 18.2 Å². The summed E-state index contributed by atoms with van der Waals surface area (Å²) in [6, 6.07) is 7.19. The Kier molecular flexibility index (Phi) is 4.52. The van der Waals surface area contributed by atoms with Gasteiger partial charge in [0.25, 0.3) is 6.54 Å². The van der Waals surface area contributed by atoms with E-state index in [1.807, 2.05) is 12.1 Å². The molecule has 0 saturated carbocycles. The first-order valence-electron chi connectivity index (χ1n) is 5.96. The molecule has 0 aliphatic carbocycles. The van der Waals surface area contributed by atoms with Crippen molar-refractivity contribution in [2.45, 2.75) is 6.04 Å². The van der Waals surface area contributed by atoms with E-state index < -0.39 is 0 Å². The maximum Gasteiger partial charge on any atom is 0.259 e. The van der Waals surface area contributed by atoms with Gasteiger partial charge in [-0.25, -0.2) is 0 Å². The highest BCUT2D eigenvalue weighted by atomic mass is 35.5.